The molecular formula is C15H24N2O. The van der Waals surface area contributed by atoms with Crippen LogP contribution in [0.5, 0.6) is 0 Å². The summed E-state index contributed by atoms with van der Waals surface area (Å²) in [6, 6.07) is 8.41. The van der Waals surface area contributed by atoms with Gasteiger partial charge in [-0.2, -0.15) is 0 Å². The third-order valence-corrected chi connectivity index (χ3v) is 3.90. The lowest BCUT2D eigenvalue weighted by Crippen LogP contribution is -2.50. The first-order valence-corrected chi connectivity index (χ1v) is 6.83. The Morgan fingerprint density at radius 1 is 1.44 bits per heavy atom. The van der Waals surface area contributed by atoms with Crippen LogP contribution in [-0.2, 0) is 0 Å². The molecule has 0 heterocycles. The molecule has 0 radical (unpaired) electrons. The second-order valence-corrected chi connectivity index (χ2v) is 5.44. The normalized spacial score (nSPS) is 18.4. The van der Waals surface area contributed by atoms with Gasteiger partial charge in [-0.25, -0.2) is 0 Å². The molecule has 0 aromatic heterocycles. The second kappa shape index (κ2) is 5.29. The maximum absolute atomic E-state index is 10.6. The molecule has 1 aromatic carbocycles. The summed E-state index contributed by atoms with van der Waals surface area (Å²) in [6.45, 7) is 6.08. The standard InChI is InChI=1S/C15H24N2O/c1-3-17(14-6-4-5-12(2)9-14)11-15(18,10-16)13-7-8-13/h4-6,9,13,18H,3,7-8,10-11,16H2,1-2H3. The highest BCUT2D eigenvalue weighted by Gasteiger charge is 2.43. The van der Waals surface area contributed by atoms with E-state index in [0.29, 0.717) is 19.0 Å². The Morgan fingerprint density at radius 2 is 2.17 bits per heavy atom. The largest absolute Gasteiger partial charge is 0.386 e. The summed E-state index contributed by atoms with van der Waals surface area (Å²) in [5.74, 6) is 0.390. The van der Waals surface area contributed by atoms with Crippen molar-refractivity contribution in [1.29, 1.82) is 0 Å². The Bertz CT molecular complexity index is 403. The topological polar surface area (TPSA) is 49.5 Å². The fourth-order valence-corrected chi connectivity index (χ4v) is 2.52. The quantitative estimate of drug-likeness (QED) is 0.808. The first-order chi connectivity index (χ1) is 8.59. The van der Waals surface area contributed by atoms with E-state index in [1.807, 2.05) is 0 Å². The SMILES string of the molecule is CCN(CC(O)(CN)C1CC1)c1cccc(C)c1. The average molecular weight is 248 g/mol. The Hall–Kier alpha value is -1.06. The maximum atomic E-state index is 10.6. The molecule has 2 rings (SSSR count). The van der Waals surface area contributed by atoms with Crippen LogP contribution in [0.2, 0.25) is 0 Å². The van der Waals surface area contributed by atoms with Crippen LogP contribution in [0.3, 0.4) is 0 Å². The molecule has 0 bridgehead atoms. The van der Waals surface area contributed by atoms with E-state index in [-0.39, 0.29) is 0 Å². The minimum Gasteiger partial charge on any atom is -0.386 e. The summed E-state index contributed by atoms with van der Waals surface area (Å²) in [4.78, 5) is 2.22. The second-order valence-electron chi connectivity index (χ2n) is 5.44. The molecule has 3 heteroatoms. The van der Waals surface area contributed by atoms with Crippen molar-refractivity contribution in [2.75, 3.05) is 24.5 Å². The van der Waals surface area contributed by atoms with Gasteiger partial charge in [-0.15, -0.1) is 0 Å². The highest BCUT2D eigenvalue weighted by atomic mass is 16.3. The van der Waals surface area contributed by atoms with Crippen LogP contribution >= 0.6 is 0 Å². The van der Waals surface area contributed by atoms with E-state index in [9.17, 15) is 5.11 Å². The maximum Gasteiger partial charge on any atom is 0.0970 e. The van der Waals surface area contributed by atoms with Crippen molar-refractivity contribution < 1.29 is 5.11 Å². The number of rotatable bonds is 6. The molecule has 0 amide bonds. The van der Waals surface area contributed by atoms with Crippen LogP contribution in [0.15, 0.2) is 24.3 Å². The van der Waals surface area contributed by atoms with Crippen LogP contribution in [0, 0.1) is 12.8 Å². The lowest BCUT2D eigenvalue weighted by Gasteiger charge is -2.34. The van der Waals surface area contributed by atoms with Gasteiger partial charge in [-0.1, -0.05) is 12.1 Å². The molecule has 1 aromatic rings. The van der Waals surface area contributed by atoms with Crippen molar-refractivity contribution in [2.24, 2.45) is 11.7 Å². The van der Waals surface area contributed by atoms with E-state index in [2.05, 4.69) is 43.0 Å². The Kier molecular flexibility index (Phi) is 3.93. The molecule has 18 heavy (non-hydrogen) atoms. The number of aryl methyl sites for hydroxylation is 1. The van der Waals surface area contributed by atoms with Gasteiger partial charge in [0.15, 0.2) is 0 Å². The van der Waals surface area contributed by atoms with Gasteiger partial charge in [0, 0.05) is 25.3 Å². The zero-order valence-electron chi connectivity index (χ0n) is 11.4. The van der Waals surface area contributed by atoms with Crippen molar-refractivity contribution >= 4 is 5.69 Å². The van der Waals surface area contributed by atoms with Gasteiger partial charge in [-0.3, -0.25) is 0 Å². The molecule has 0 spiro atoms. The Labute approximate surface area is 110 Å². The van der Waals surface area contributed by atoms with Gasteiger partial charge in [0.1, 0.15) is 0 Å². The van der Waals surface area contributed by atoms with Crippen LogP contribution in [-0.4, -0.2) is 30.3 Å². The van der Waals surface area contributed by atoms with Gasteiger partial charge in [0.05, 0.1) is 5.60 Å². The van der Waals surface area contributed by atoms with Crippen molar-refractivity contribution in [3.8, 4) is 0 Å². The third kappa shape index (κ3) is 2.85. The van der Waals surface area contributed by atoms with E-state index >= 15 is 0 Å². The number of nitrogens with two attached hydrogens (primary N) is 1. The minimum absolute atomic E-state index is 0.347. The van der Waals surface area contributed by atoms with E-state index in [1.54, 1.807) is 0 Å². The molecule has 1 atom stereocenters. The van der Waals surface area contributed by atoms with E-state index in [1.165, 1.54) is 11.3 Å². The summed E-state index contributed by atoms with van der Waals surface area (Å²) in [7, 11) is 0. The van der Waals surface area contributed by atoms with E-state index in [4.69, 9.17) is 5.73 Å². The van der Waals surface area contributed by atoms with Crippen molar-refractivity contribution in [3.05, 3.63) is 29.8 Å². The van der Waals surface area contributed by atoms with Gasteiger partial charge < -0.3 is 15.7 Å². The number of anilines is 1. The molecule has 100 valence electrons. The molecule has 0 aliphatic heterocycles. The van der Waals surface area contributed by atoms with Crippen LogP contribution < -0.4 is 10.6 Å². The lowest BCUT2D eigenvalue weighted by molar-refractivity contribution is 0.0336. The van der Waals surface area contributed by atoms with Crippen LogP contribution in [0.25, 0.3) is 0 Å². The van der Waals surface area contributed by atoms with Crippen molar-refractivity contribution in [1.82, 2.24) is 0 Å². The molecule has 3 N–H and O–H groups in total. The van der Waals surface area contributed by atoms with Crippen molar-refractivity contribution in [2.45, 2.75) is 32.3 Å². The van der Waals surface area contributed by atoms with E-state index in [0.717, 1.165) is 19.4 Å². The molecule has 1 aliphatic rings. The summed E-state index contributed by atoms with van der Waals surface area (Å²) >= 11 is 0. The molecule has 1 saturated carbocycles. The summed E-state index contributed by atoms with van der Waals surface area (Å²) in [5.41, 5.74) is 7.48. The summed E-state index contributed by atoms with van der Waals surface area (Å²) in [6.07, 6.45) is 2.22. The van der Waals surface area contributed by atoms with Crippen LogP contribution in [0.4, 0.5) is 5.69 Å². The number of nitrogens with zero attached hydrogens (tertiary/aromatic N) is 1. The lowest BCUT2D eigenvalue weighted by atomic mass is 9.97. The molecule has 1 aliphatic carbocycles. The zero-order valence-corrected chi connectivity index (χ0v) is 11.4. The summed E-state index contributed by atoms with van der Waals surface area (Å²) in [5, 5.41) is 10.6. The first kappa shape index (κ1) is 13.4. The molecular weight excluding hydrogens is 224 g/mol. The van der Waals surface area contributed by atoms with Gasteiger partial charge >= 0.3 is 0 Å². The predicted octanol–water partition coefficient (Wildman–Crippen LogP) is 1.92. The molecule has 1 unspecified atom stereocenters. The molecule has 0 saturated heterocycles. The number of benzene rings is 1. The zero-order chi connectivity index (χ0) is 13.2. The van der Waals surface area contributed by atoms with Gasteiger partial charge in [0.25, 0.3) is 0 Å². The molecule has 1 fully saturated rings. The predicted molar refractivity (Wildman–Crippen MR) is 75.8 cm³/mol. The monoisotopic (exact) mass is 248 g/mol. The van der Waals surface area contributed by atoms with Gasteiger partial charge in [0.2, 0.25) is 0 Å². The minimum atomic E-state index is -0.722. The summed E-state index contributed by atoms with van der Waals surface area (Å²) < 4.78 is 0. The third-order valence-electron chi connectivity index (χ3n) is 3.90. The average Bonchev–Trinajstić information content (AvgIpc) is 3.20. The van der Waals surface area contributed by atoms with Gasteiger partial charge in [-0.05, 0) is 50.3 Å². The smallest absolute Gasteiger partial charge is 0.0970 e. The van der Waals surface area contributed by atoms with Crippen molar-refractivity contribution in [3.63, 3.8) is 0 Å². The molecule has 3 nitrogen and oxygen atoms in total. The number of hydrogen-bond acceptors (Lipinski definition) is 3. The Balaban J connectivity index is 2.13. The highest BCUT2D eigenvalue weighted by Crippen LogP contribution is 2.40. The number of likely N-dealkylation sites (N-methyl/N-ethyl adjacent to an activating group) is 1. The Morgan fingerprint density at radius 3 is 2.67 bits per heavy atom. The van der Waals surface area contributed by atoms with Crippen LogP contribution in [0.1, 0.15) is 25.3 Å². The number of hydrogen-bond donors (Lipinski definition) is 2. The number of aliphatic hydroxyl groups is 1. The fraction of sp³-hybridized carbons (Fsp3) is 0.600. The van der Waals surface area contributed by atoms with E-state index < -0.39 is 5.60 Å². The highest BCUT2D eigenvalue weighted by molar-refractivity contribution is 5.48. The first-order valence-electron chi connectivity index (χ1n) is 6.83. The fourth-order valence-electron chi connectivity index (χ4n) is 2.52.